The maximum Gasteiger partial charge on any atom is 0.252 e. The molecular weight excluding hydrogens is 262 g/mol. The minimum Gasteiger partial charge on any atom is -0.349 e. The highest BCUT2D eigenvalue weighted by molar-refractivity contribution is 5.97. The number of likely N-dealkylation sites (tertiary alicyclic amines) is 1. The van der Waals surface area contributed by atoms with Gasteiger partial charge in [-0.2, -0.15) is 0 Å². The Balaban J connectivity index is 1.97. The van der Waals surface area contributed by atoms with Crippen molar-refractivity contribution >= 4 is 5.91 Å². The molecule has 1 aromatic carbocycles. The fourth-order valence-corrected chi connectivity index (χ4v) is 3.28. The van der Waals surface area contributed by atoms with E-state index < -0.39 is 0 Å². The van der Waals surface area contributed by atoms with Gasteiger partial charge >= 0.3 is 0 Å². The molecule has 1 aromatic rings. The molecule has 4 nitrogen and oxygen atoms in total. The van der Waals surface area contributed by atoms with Gasteiger partial charge < -0.3 is 16.0 Å². The van der Waals surface area contributed by atoms with Crippen molar-refractivity contribution in [2.24, 2.45) is 5.73 Å². The van der Waals surface area contributed by atoms with E-state index in [2.05, 4.69) is 29.3 Å². The summed E-state index contributed by atoms with van der Waals surface area (Å²) < 4.78 is 0. The highest BCUT2D eigenvalue weighted by Gasteiger charge is 2.22. The molecule has 0 radical (unpaired) electrons. The summed E-state index contributed by atoms with van der Waals surface area (Å²) in [5, 5.41) is 3.20. The number of aryl methyl sites for hydroxylation is 3. The van der Waals surface area contributed by atoms with Crippen LogP contribution in [0.5, 0.6) is 0 Å². The van der Waals surface area contributed by atoms with Crippen LogP contribution in [0.15, 0.2) is 12.1 Å². The molecule has 0 unspecified atom stereocenters. The van der Waals surface area contributed by atoms with Crippen LogP contribution >= 0.6 is 0 Å². The second-order valence-electron chi connectivity index (χ2n) is 6.15. The average molecular weight is 289 g/mol. The highest BCUT2D eigenvalue weighted by Crippen LogP contribution is 2.17. The van der Waals surface area contributed by atoms with Gasteiger partial charge in [-0.05, 0) is 44.7 Å². The van der Waals surface area contributed by atoms with E-state index in [-0.39, 0.29) is 11.9 Å². The van der Waals surface area contributed by atoms with Crippen molar-refractivity contribution in [3.05, 3.63) is 34.4 Å². The average Bonchev–Trinajstić information content (AvgIpc) is 2.40. The first kappa shape index (κ1) is 16.0. The van der Waals surface area contributed by atoms with Crippen molar-refractivity contribution in [2.45, 2.75) is 39.7 Å². The van der Waals surface area contributed by atoms with Gasteiger partial charge in [-0.25, -0.2) is 0 Å². The number of carbonyl (C=O) groups excluding carboxylic acids is 1. The number of nitrogens with two attached hydrogens (primary N) is 1. The van der Waals surface area contributed by atoms with Gasteiger partial charge in [0.05, 0.1) is 0 Å². The van der Waals surface area contributed by atoms with Crippen LogP contribution in [-0.2, 0) is 0 Å². The lowest BCUT2D eigenvalue weighted by molar-refractivity contribution is 0.0910. The third kappa shape index (κ3) is 4.05. The van der Waals surface area contributed by atoms with Crippen molar-refractivity contribution in [3.63, 3.8) is 0 Å². The zero-order valence-electron chi connectivity index (χ0n) is 13.4. The molecule has 0 atom stereocenters. The molecule has 0 aromatic heterocycles. The van der Waals surface area contributed by atoms with E-state index in [4.69, 9.17) is 5.73 Å². The summed E-state index contributed by atoms with van der Waals surface area (Å²) in [6.07, 6.45) is 2.02. The first-order chi connectivity index (χ1) is 10.0. The SMILES string of the molecule is Cc1cc(C)c(C(=O)NC2CCN(CCN)CC2)c(C)c1. The number of piperidine rings is 1. The number of amides is 1. The van der Waals surface area contributed by atoms with Crippen molar-refractivity contribution < 1.29 is 4.79 Å². The Bertz CT molecular complexity index is 482. The van der Waals surface area contributed by atoms with Crippen molar-refractivity contribution in [1.29, 1.82) is 0 Å². The molecular formula is C17H27N3O. The lowest BCUT2D eigenvalue weighted by Crippen LogP contribution is -2.46. The van der Waals surface area contributed by atoms with Crippen LogP contribution in [0.25, 0.3) is 0 Å². The van der Waals surface area contributed by atoms with Crippen molar-refractivity contribution in [3.8, 4) is 0 Å². The predicted molar refractivity (Wildman–Crippen MR) is 86.6 cm³/mol. The van der Waals surface area contributed by atoms with Gasteiger partial charge in [0, 0.05) is 37.8 Å². The first-order valence-electron chi connectivity index (χ1n) is 7.82. The Kier molecular flexibility index (Phi) is 5.37. The van der Waals surface area contributed by atoms with Crippen molar-refractivity contribution in [1.82, 2.24) is 10.2 Å². The van der Waals surface area contributed by atoms with Crippen LogP contribution in [-0.4, -0.2) is 43.0 Å². The zero-order chi connectivity index (χ0) is 15.4. The van der Waals surface area contributed by atoms with Gasteiger partial charge in [0.2, 0.25) is 0 Å². The van der Waals surface area contributed by atoms with Crippen LogP contribution in [0.1, 0.15) is 39.9 Å². The largest absolute Gasteiger partial charge is 0.349 e. The van der Waals surface area contributed by atoms with E-state index in [9.17, 15) is 4.79 Å². The molecule has 0 spiro atoms. The molecule has 1 saturated heterocycles. The summed E-state index contributed by atoms with van der Waals surface area (Å²) >= 11 is 0. The Hall–Kier alpha value is -1.39. The second kappa shape index (κ2) is 7.05. The standard InChI is InChI=1S/C17H27N3O/c1-12-10-13(2)16(14(3)11-12)17(21)19-15-4-7-20(8-5-15)9-6-18/h10-11,15H,4-9,18H2,1-3H3,(H,19,21). The molecule has 3 N–H and O–H groups in total. The lowest BCUT2D eigenvalue weighted by atomic mass is 9.98. The normalized spacial score (nSPS) is 17.0. The Morgan fingerprint density at radius 2 is 1.81 bits per heavy atom. The molecule has 1 fully saturated rings. The van der Waals surface area contributed by atoms with E-state index in [0.29, 0.717) is 6.54 Å². The van der Waals surface area contributed by atoms with Crippen LogP contribution in [0, 0.1) is 20.8 Å². The molecule has 116 valence electrons. The number of benzene rings is 1. The number of hydrogen-bond donors (Lipinski definition) is 2. The maximum atomic E-state index is 12.5. The summed E-state index contributed by atoms with van der Waals surface area (Å²) in [6.45, 7) is 9.80. The van der Waals surface area contributed by atoms with Crippen molar-refractivity contribution in [2.75, 3.05) is 26.2 Å². The Labute approximate surface area is 127 Å². The third-order valence-electron chi connectivity index (χ3n) is 4.27. The molecule has 0 aliphatic carbocycles. The Morgan fingerprint density at radius 3 is 2.33 bits per heavy atom. The monoisotopic (exact) mass is 289 g/mol. The van der Waals surface area contributed by atoms with Gasteiger partial charge in [-0.15, -0.1) is 0 Å². The molecule has 1 aliphatic heterocycles. The van der Waals surface area contributed by atoms with E-state index in [0.717, 1.165) is 49.2 Å². The van der Waals surface area contributed by atoms with Crippen LogP contribution < -0.4 is 11.1 Å². The summed E-state index contributed by atoms with van der Waals surface area (Å²) in [5.74, 6) is 0.0716. The number of rotatable bonds is 4. The van der Waals surface area contributed by atoms with Gasteiger partial charge in [-0.1, -0.05) is 17.7 Å². The van der Waals surface area contributed by atoms with Gasteiger partial charge in [-0.3, -0.25) is 4.79 Å². The van der Waals surface area contributed by atoms with Crippen LogP contribution in [0.4, 0.5) is 0 Å². The van der Waals surface area contributed by atoms with Crippen LogP contribution in [0.2, 0.25) is 0 Å². The summed E-state index contributed by atoms with van der Waals surface area (Å²) in [7, 11) is 0. The zero-order valence-corrected chi connectivity index (χ0v) is 13.4. The van der Waals surface area contributed by atoms with E-state index in [1.807, 2.05) is 13.8 Å². The van der Waals surface area contributed by atoms with E-state index in [1.54, 1.807) is 0 Å². The summed E-state index contributed by atoms with van der Waals surface area (Å²) in [4.78, 5) is 14.9. The van der Waals surface area contributed by atoms with Gasteiger partial charge in [0.1, 0.15) is 0 Å². The highest BCUT2D eigenvalue weighted by atomic mass is 16.1. The fraction of sp³-hybridized carbons (Fsp3) is 0.588. The summed E-state index contributed by atoms with van der Waals surface area (Å²) in [6, 6.07) is 4.43. The summed E-state index contributed by atoms with van der Waals surface area (Å²) in [5.41, 5.74) is 9.75. The van der Waals surface area contributed by atoms with Crippen LogP contribution in [0.3, 0.4) is 0 Å². The van der Waals surface area contributed by atoms with E-state index >= 15 is 0 Å². The molecule has 21 heavy (non-hydrogen) atoms. The first-order valence-corrected chi connectivity index (χ1v) is 7.82. The van der Waals surface area contributed by atoms with Gasteiger partial charge in [0.15, 0.2) is 0 Å². The minimum absolute atomic E-state index is 0.0716. The molecule has 2 rings (SSSR count). The maximum absolute atomic E-state index is 12.5. The predicted octanol–water partition coefficient (Wildman–Crippen LogP) is 1.76. The number of hydrogen-bond acceptors (Lipinski definition) is 3. The number of carbonyl (C=O) groups is 1. The molecule has 1 amide bonds. The fourth-order valence-electron chi connectivity index (χ4n) is 3.28. The molecule has 4 heteroatoms. The molecule has 0 saturated carbocycles. The third-order valence-corrected chi connectivity index (χ3v) is 4.27. The Morgan fingerprint density at radius 1 is 1.24 bits per heavy atom. The number of nitrogens with one attached hydrogen (secondary N) is 1. The topological polar surface area (TPSA) is 58.4 Å². The smallest absolute Gasteiger partial charge is 0.252 e. The minimum atomic E-state index is 0.0716. The lowest BCUT2D eigenvalue weighted by Gasteiger charge is -2.32. The molecule has 0 bridgehead atoms. The van der Waals surface area contributed by atoms with Gasteiger partial charge in [0.25, 0.3) is 5.91 Å². The quantitative estimate of drug-likeness (QED) is 0.888. The molecule has 1 heterocycles. The molecule has 1 aliphatic rings. The second-order valence-corrected chi connectivity index (χ2v) is 6.15. The van der Waals surface area contributed by atoms with E-state index in [1.165, 1.54) is 5.56 Å². The number of nitrogens with zero attached hydrogens (tertiary/aromatic N) is 1.